The lowest BCUT2D eigenvalue weighted by atomic mass is 10.1. The first-order chi connectivity index (χ1) is 8.11. The third-order valence-electron chi connectivity index (χ3n) is 2.75. The van der Waals surface area contributed by atoms with Crippen LogP contribution in [0, 0.1) is 0 Å². The van der Waals surface area contributed by atoms with Gasteiger partial charge in [0.1, 0.15) is 0 Å². The minimum absolute atomic E-state index is 0.204. The van der Waals surface area contributed by atoms with E-state index in [2.05, 4.69) is 0 Å². The highest BCUT2D eigenvalue weighted by molar-refractivity contribution is 5.93. The Morgan fingerprint density at radius 2 is 1.71 bits per heavy atom. The summed E-state index contributed by atoms with van der Waals surface area (Å²) in [6, 6.07) is 13.0. The number of hydrogen-bond donors (Lipinski definition) is 0. The third-order valence-corrected chi connectivity index (χ3v) is 2.75. The Morgan fingerprint density at radius 1 is 1.06 bits per heavy atom. The summed E-state index contributed by atoms with van der Waals surface area (Å²) in [5.41, 5.74) is 1.74. The topological polar surface area (TPSA) is 39.1 Å². The van der Waals surface area contributed by atoms with Crippen molar-refractivity contribution in [3.8, 4) is 11.3 Å². The molecule has 0 unspecified atom stereocenters. The molecule has 1 aromatic carbocycles. The molecule has 1 aromatic heterocycles. The van der Waals surface area contributed by atoms with Crippen LogP contribution >= 0.6 is 0 Å². The van der Waals surface area contributed by atoms with Gasteiger partial charge in [-0.05, 0) is 24.6 Å². The average molecular weight is 227 g/mol. The van der Waals surface area contributed by atoms with Gasteiger partial charge in [0.25, 0.3) is 5.56 Å². The SMILES string of the molecule is CC(=O)c1ccc(-c2ccccc2)n(C)c1=O. The van der Waals surface area contributed by atoms with Crippen LogP contribution in [0.5, 0.6) is 0 Å². The normalized spacial score (nSPS) is 10.2. The highest BCUT2D eigenvalue weighted by atomic mass is 16.1. The van der Waals surface area contributed by atoms with Gasteiger partial charge in [0.05, 0.1) is 11.3 Å². The molecule has 0 saturated carbocycles. The van der Waals surface area contributed by atoms with E-state index >= 15 is 0 Å². The maximum absolute atomic E-state index is 11.9. The van der Waals surface area contributed by atoms with Gasteiger partial charge >= 0.3 is 0 Å². The number of pyridine rings is 1. The second-order valence-corrected chi connectivity index (χ2v) is 3.92. The van der Waals surface area contributed by atoms with Gasteiger partial charge in [-0.2, -0.15) is 0 Å². The molecule has 0 aliphatic rings. The van der Waals surface area contributed by atoms with Gasteiger partial charge in [-0.3, -0.25) is 9.59 Å². The summed E-state index contributed by atoms with van der Waals surface area (Å²) in [6.45, 7) is 1.40. The Morgan fingerprint density at radius 3 is 2.29 bits per heavy atom. The number of nitrogens with zero attached hydrogens (tertiary/aromatic N) is 1. The van der Waals surface area contributed by atoms with Crippen molar-refractivity contribution in [3.63, 3.8) is 0 Å². The smallest absolute Gasteiger partial charge is 0.261 e. The molecule has 2 aromatic rings. The largest absolute Gasteiger partial charge is 0.311 e. The van der Waals surface area contributed by atoms with Crippen LogP contribution in [-0.2, 0) is 7.05 Å². The fraction of sp³-hybridized carbons (Fsp3) is 0.143. The van der Waals surface area contributed by atoms with Crippen molar-refractivity contribution >= 4 is 5.78 Å². The Labute approximate surface area is 99.3 Å². The zero-order valence-corrected chi connectivity index (χ0v) is 9.81. The number of benzene rings is 1. The van der Waals surface area contributed by atoms with E-state index < -0.39 is 0 Å². The van der Waals surface area contributed by atoms with Crippen molar-refractivity contribution in [2.24, 2.45) is 7.05 Å². The Kier molecular flexibility index (Phi) is 2.91. The zero-order valence-electron chi connectivity index (χ0n) is 9.81. The van der Waals surface area contributed by atoms with Crippen molar-refractivity contribution in [2.75, 3.05) is 0 Å². The molecule has 0 atom stereocenters. The molecule has 0 N–H and O–H groups in total. The summed E-state index contributed by atoms with van der Waals surface area (Å²) in [6.07, 6.45) is 0. The first kappa shape index (κ1) is 11.3. The summed E-state index contributed by atoms with van der Waals surface area (Å²) in [5.74, 6) is -0.204. The lowest BCUT2D eigenvalue weighted by molar-refractivity contribution is 0.101. The number of aromatic nitrogens is 1. The molecular weight excluding hydrogens is 214 g/mol. The lowest BCUT2D eigenvalue weighted by Gasteiger charge is -2.09. The van der Waals surface area contributed by atoms with Crippen LogP contribution in [0.1, 0.15) is 17.3 Å². The standard InChI is InChI=1S/C14H13NO2/c1-10(16)12-8-9-13(15(2)14(12)17)11-6-4-3-5-7-11/h3-9H,1-2H3. The van der Waals surface area contributed by atoms with Gasteiger partial charge in [-0.25, -0.2) is 0 Å². The van der Waals surface area contributed by atoms with Crippen LogP contribution in [0.4, 0.5) is 0 Å². The van der Waals surface area contributed by atoms with Crippen molar-refractivity contribution in [1.29, 1.82) is 0 Å². The number of Topliss-reactive ketones (excluding diaryl/α,β-unsaturated/α-hetero) is 1. The Hall–Kier alpha value is -2.16. The van der Waals surface area contributed by atoms with E-state index in [1.165, 1.54) is 11.5 Å². The second-order valence-electron chi connectivity index (χ2n) is 3.92. The molecule has 0 saturated heterocycles. The fourth-order valence-corrected chi connectivity index (χ4v) is 1.80. The Balaban J connectivity index is 2.64. The number of hydrogen-bond acceptors (Lipinski definition) is 2. The van der Waals surface area contributed by atoms with Gasteiger partial charge in [-0.15, -0.1) is 0 Å². The van der Waals surface area contributed by atoms with Crippen LogP contribution in [0.25, 0.3) is 11.3 Å². The van der Waals surface area contributed by atoms with Crippen molar-refractivity contribution in [1.82, 2.24) is 4.57 Å². The lowest BCUT2D eigenvalue weighted by Crippen LogP contribution is -2.24. The average Bonchev–Trinajstić information content (AvgIpc) is 2.33. The van der Waals surface area contributed by atoms with Crippen LogP contribution in [-0.4, -0.2) is 10.4 Å². The maximum Gasteiger partial charge on any atom is 0.261 e. The maximum atomic E-state index is 11.9. The van der Waals surface area contributed by atoms with Crippen LogP contribution in [0.2, 0.25) is 0 Å². The van der Waals surface area contributed by atoms with Gasteiger partial charge in [0.2, 0.25) is 0 Å². The van der Waals surface area contributed by atoms with Gasteiger partial charge in [0, 0.05) is 7.05 Å². The Bertz CT molecular complexity index is 612. The zero-order chi connectivity index (χ0) is 12.4. The molecule has 0 fully saturated rings. The molecule has 17 heavy (non-hydrogen) atoms. The summed E-state index contributed by atoms with van der Waals surface area (Å²) < 4.78 is 1.51. The van der Waals surface area contributed by atoms with Gasteiger partial charge < -0.3 is 4.57 Å². The molecule has 1 heterocycles. The minimum atomic E-state index is -0.251. The molecule has 0 amide bonds. The first-order valence-corrected chi connectivity index (χ1v) is 5.37. The van der Waals surface area contributed by atoms with E-state index in [0.29, 0.717) is 0 Å². The predicted molar refractivity (Wildman–Crippen MR) is 67.1 cm³/mol. The summed E-state index contributed by atoms with van der Waals surface area (Å²) in [7, 11) is 1.68. The third kappa shape index (κ3) is 2.04. The molecule has 86 valence electrons. The highest BCUT2D eigenvalue weighted by Gasteiger charge is 2.10. The monoisotopic (exact) mass is 227 g/mol. The van der Waals surface area contributed by atoms with Gasteiger partial charge in [0.15, 0.2) is 5.78 Å². The van der Waals surface area contributed by atoms with E-state index in [0.717, 1.165) is 11.3 Å². The molecule has 0 bridgehead atoms. The molecule has 2 rings (SSSR count). The highest BCUT2D eigenvalue weighted by Crippen LogP contribution is 2.16. The molecule has 0 radical (unpaired) electrons. The van der Waals surface area contributed by atoms with E-state index in [4.69, 9.17) is 0 Å². The summed E-state index contributed by atoms with van der Waals surface area (Å²) >= 11 is 0. The van der Waals surface area contributed by atoms with Crippen molar-refractivity contribution in [2.45, 2.75) is 6.92 Å². The quantitative estimate of drug-likeness (QED) is 0.738. The van der Waals surface area contributed by atoms with E-state index in [-0.39, 0.29) is 16.9 Å². The van der Waals surface area contributed by atoms with Crippen molar-refractivity contribution in [3.05, 3.63) is 58.4 Å². The molecule has 0 aliphatic carbocycles. The van der Waals surface area contributed by atoms with E-state index in [9.17, 15) is 9.59 Å². The molecule has 0 spiro atoms. The molecular formula is C14H13NO2. The molecule has 0 aliphatic heterocycles. The van der Waals surface area contributed by atoms with Gasteiger partial charge in [-0.1, -0.05) is 30.3 Å². The van der Waals surface area contributed by atoms with Crippen molar-refractivity contribution < 1.29 is 4.79 Å². The minimum Gasteiger partial charge on any atom is -0.311 e. The van der Waals surface area contributed by atoms with Crippen LogP contribution < -0.4 is 5.56 Å². The van der Waals surface area contributed by atoms with E-state index in [1.54, 1.807) is 19.2 Å². The number of carbonyl (C=O) groups excluding carboxylic acids is 1. The molecule has 3 nitrogen and oxygen atoms in total. The second kappa shape index (κ2) is 4.37. The number of ketones is 1. The predicted octanol–water partition coefficient (Wildman–Crippen LogP) is 2.25. The first-order valence-electron chi connectivity index (χ1n) is 5.37. The van der Waals surface area contributed by atoms with Crippen LogP contribution in [0.3, 0.4) is 0 Å². The van der Waals surface area contributed by atoms with E-state index in [1.807, 2.05) is 30.3 Å². The summed E-state index contributed by atoms with van der Waals surface area (Å²) in [4.78, 5) is 23.2. The summed E-state index contributed by atoms with van der Waals surface area (Å²) in [5, 5.41) is 0. The fourth-order valence-electron chi connectivity index (χ4n) is 1.80. The molecule has 3 heteroatoms. The number of carbonyl (C=O) groups is 1. The number of rotatable bonds is 2. The van der Waals surface area contributed by atoms with Crippen LogP contribution in [0.15, 0.2) is 47.3 Å².